The summed E-state index contributed by atoms with van der Waals surface area (Å²) >= 11 is 0. The van der Waals surface area contributed by atoms with E-state index in [1.54, 1.807) is 7.11 Å². The van der Waals surface area contributed by atoms with Crippen molar-refractivity contribution in [1.82, 2.24) is 9.80 Å². The molecule has 0 radical (unpaired) electrons. The molecule has 0 spiro atoms. The summed E-state index contributed by atoms with van der Waals surface area (Å²) in [5, 5.41) is 0. The summed E-state index contributed by atoms with van der Waals surface area (Å²) in [4.78, 5) is 30.8. The Hall–Kier alpha value is -2.86. The van der Waals surface area contributed by atoms with Crippen molar-refractivity contribution in [1.29, 1.82) is 0 Å². The zero-order chi connectivity index (χ0) is 29.4. The highest BCUT2D eigenvalue weighted by Crippen LogP contribution is 2.51. The van der Waals surface area contributed by atoms with Crippen molar-refractivity contribution >= 4 is 11.9 Å². The summed E-state index contributed by atoms with van der Waals surface area (Å²) in [5.74, 6) is 1.33. The standard InChI is InChI=1S/C35H50N2O4/c1-26(2)24-37(34(39)18-11-7-10-15-28-13-8-6-9-14-28)30-22-33(41-27(3)38)32-25-36(4)20-19-35(32,23-30)29-16-12-17-31(21-29)40-5/h6,8-9,12-14,16-17,21,26,30,32-33H,7,10-11,15,18-20,22-25H2,1-5H3. The average molecular weight is 563 g/mol. The largest absolute Gasteiger partial charge is 0.497 e. The molecule has 224 valence electrons. The lowest BCUT2D eigenvalue weighted by Gasteiger charge is -2.56. The molecule has 2 aromatic rings. The summed E-state index contributed by atoms with van der Waals surface area (Å²) in [6.07, 6.45) is 6.93. The van der Waals surface area contributed by atoms with E-state index in [4.69, 9.17) is 9.47 Å². The van der Waals surface area contributed by atoms with Gasteiger partial charge in [0.15, 0.2) is 0 Å². The normalized spacial score (nSPS) is 24.5. The van der Waals surface area contributed by atoms with Crippen molar-refractivity contribution in [3.63, 3.8) is 0 Å². The Morgan fingerprint density at radius 3 is 2.56 bits per heavy atom. The van der Waals surface area contributed by atoms with E-state index in [1.165, 1.54) is 18.1 Å². The fourth-order valence-corrected chi connectivity index (χ4v) is 7.25. The highest BCUT2D eigenvalue weighted by Gasteiger charge is 2.54. The summed E-state index contributed by atoms with van der Waals surface area (Å²) in [6, 6.07) is 19.0. The number of hydrogen-bond acceptors (Lipinski definition) is 5. The molecule has 2 aliphatic rings. The number of ether oxygens (including phenoxy) is 2. The van der Waals surface area contributed by atoms with Crippen LogP contribution in [0.2, 0.25) is 0 Å². The molecular weight excluding hydrogens is 512 g/mol. The molecule has 1 saturated heterocycles. The highest BCUT2D eigenvalue weighted by atomic mass is 16.5. The van der Waals surface area contributed by atoms with E-state index in [0.717, 1.165) is 63.9 Å². The number of nitrogens with zero attached hydrogens (tertiary/aromatic N) is 2. The number of carbonyl (C=O) groups excluding carboxylic acids is 2. The molecule has 6 nitrogen and oxygen atoms in total. The van der Waals surface area contributed by atoms with Crippen LogP contribution in [0.15, 0.2) is 54.6 Å². The van der Waals surface area contributed by atoms with Crippen LogP contribution < -0.4 is 4.74 Å². The van der Waals surface area contributed by atoms with Gasteiger partial charge in [0.1, 0.15) is 11.9 Å². The van der Waals surface area contributed by atoms with E-state index in [0.29, 0.717) is 18.8 Å². The first-order valence-electron chi connectivity index (χ1n) is 15.6. The van der Waals surface area contributed by atoms with Gasteiger partial charge in [-0.25, -0.2) is 0 Å². The summed E-state index contributed by atoms with van der Waals surface area (Å²) in [5.41, 5.74) is 2.39. The SMILES string of the molecule is COc1cccc(C23CCN(C)CC2C(OC(C)=O)CC(N(CC(C)C)C(=O)CCCCCc2ccccc2)C3)c1. The topological polar surface area (TPSA) is 59.1 Å². The predicted molar refractivity (Wildman–Crippen MR) is 164 cm³/mol. The maximum atomic E-state index is 13.9. The lowest BCUT2D eigenvalue weighted by atomic mass is 9.56. The number of rotatable bonds is 12. The smallest absolute Gasteiger partial charge is 0.302 e. The zero-order valence-corrected chi connectivity index (χ0v) is 25.8. The van der Waals surface area contributed by atoms with Crippen LogP contribution in [0.4, 0.5) is 0 Å². The van der Waals surface area contributed by atoms with Crippen molar-refractivity contribution in [3.8, 4) is 5.75 Å². The van der Waals surface area contributed by atoms with Crippen LogP contribution in [-0.4, -0.2) is 67.6 Å². The number of piperidine rings is 1. The Bertz CT molecular complexity index is 1140. The molecule has 2 fully saturated rings. The summed E-state index contributed by atoms with van der Waals surface area (Å²) in [6.45, 7) is 8.43. The second kappa shape index (κ2) is 14.4. The number of esters is 1. The Kier molecular flexibility index (Phi) is 10.9. The van der Waals surface area contributed by atoms with Gasteiger partial charge in [-0.2, -0.15) is 0 Å². The fraction of sp³-hybridized carbons (Fsp3) is 0.600. The van der Waals surface area contributed by atoms with E-state index in [9.17, 15) is 9.59 Å². The van der Waals surface area contributed by atoms with Gasteiger partial charge >= 0.3 is 5.97 Å². The molecule has 1 saturated carbocycles. The third-order valence-electron chi connectivity index (χ3n) is 9.19. The van der Waals surface area contributed by atoms with E-state index >= 15 is 0 Å². The Morgan fingerprint density at radius 2 is 1.85 bits per heavy atom. The molecule has 4 atom stereocenters. The van der Waals surface area contributed by atoms with Gasteiger partial charge in [-0.05, 0) is 74.9 Å². The molecule has 0 aromatic heterocycles. The van der Waals surface area contributed by atoms with Gasteiger partial charge < -0.3 is 19.3 Å². The maximum absolute atomic E-state index is 13.9. The van der Waals surface area contributed by atoms with Gasteiger partial charge in [0.05, 0.1) is 7.11 Å². The van der Waals surface area contributed by atoms with Crippen LogP contribution in [0.5, 0.6) is 5.75 Å². The van der Waals surface area contributed by atoms with Gasteiger partial charge in [-0.3, -0.25) is 9.59 Å². The monoisotopic (exact) mass is 562 g/mol. The minimum atomic E-state index is -0.247. The molecule has 1 heterocycles. The van der Waals surface area contributed by atoms with Gasteiger partial charge in [0.2, 0.25) is 5.91 Å². The van der Waals surface area contributed by atoms with Gasteiger partial charge in [-0.15, -0.1) is 0 Å². The molecule has 2 aromatic carbocycles. The molecule has 6 heteroatoms. The molecule has 1 amide bonds. The Labute approximate surface area is 247 Å². The molecule has 0 bridgehead atoms. The number of fused-ring (bicyclic) bond motifs is 1. The van der Waals surface area contributed by atoms with Crippen molar-refractivity contribution in [2.45, 2.75) is 89.7 Å². The van der Waals surface area contributed by atoms with Gasteiger partial charge in [-0.1, -0.05) is 62.7 Å². The molecule has 1 aliphatic heterocycles. The number of carbonyl (C=O) groups is 2. The third kappa shape index (κ3) is 7.91. The number of benzene rings is 2. The maximum Gasteiger partial charge on any atom is 0.302 e. The highest BCUT2D eigenvalue weighted by molar-refractivity contribution is 5.76. The number of unbranched alkanes of at least 4 members (excludes halogenated alkanes) is 2. The number of likely N-dealkylation sites (tertiary alicyclic amines) is 1. The molecule has 4 rings (SSSR count). The first kappa shape index (κ1) is 31.1. The van der Waals surface area contributed by atoms with Crippen molar-refractivity contribution in [2.24, 2.45) is 11.8 Å². The molecular formula is C35H50N2O4. The van der Waals surface area contributed by atoms with Crippen LogP contribution in [0.3, 0.4) is 0 Å². The number of aryl methyl sites for hydroxylation is 1. The minimum Gasteiger partial charge on any atom is -0.497 e. The van der Waals surface area contributed by atoms with Crippen LogP contribution in [-0.2, 0) is 26.2 Å². The molecule has 4 unspecified atom stereocenters. The minimum absolute atomic E-state index is 0.0180. The van der Waals surface area contributed by atoms with Crippen LogP contribution in [0.25, 0.3) is 0 Å². The fourth-order valence-electron chi connectivity index (χ4n) is 7.25. The second-order valence-electron chi connectivity index (χ2n) is 12.7. The lowest BCUT2D eigenvalue weighted by Crippen LogP contribution is -2.62. The number of hydrogen-bond donors (Lipinski definition) is 0. The van der Waals surface area contributed by atoms with E-state index < -0.39 is 0 Å². The lowest BCUT2D eigenvalue weighted by molar-refractivity contribution is -0.161. The first-order chi connectivity index (χ1) is 19.7. The van der Waals surface area contributed by atoms with E-state index in [1.807, 2.05) is 6.07 Å². The molecule has 1 aliphatic carbocycles. The molecule has 0 N–H and O–H groups in total. The van der Waals surface area contributed by atoms with Crippen molar-refractivity contribution in [3.05, 3.63) is 65.7 Å². The molecule has 41 heavy (non-hydrogen) atoms. The number of amides is 1. The average Bonchev–Trinajstić information content (AvgIpc) is 2.96. The second-order valence-corrected chi connectivity index (χ2v) is 12.7. The van der Waals surface area contributed by atoms with Crippen LogP contribution >= 0.6 is 0 Å². The summed E-state index contributed by atoms with van der Waals surface area (Å²) < 4.78 is 11.7. The van der Waals surface area contributed by atoms with Crippen LogP contribution in [0.1, 0.15) is 76.8 Å². The summed E-state index contributed by atoms with van der Waals surface area (Å²) in [7, 11) is 3.86. The van der Waals surface area contributed by atoms with Crippen LogP contribution in [0, 0.1) is 11.8 Å². The third-order valence-corrected chi connectivity index (χ3v) is 9.19. The van der Waals surface area contributed by atoms with Crippen molar-refractivity contribution in [2.75, 3.05) is 33.8 Å². The van der Waals surface area contributed by atoms with Crippen molar-refractivity contribution < 1.29 is 19.1 Å². The Morgan fingerprint density at radius 1 is 1.07 bits per heavy atom. The van der Waals surface area contributed by atoms with Gasteiger partial charge in [0.25, 0.3) is 0 Å². The quantitative estimate of drug-likeness (QED) is 0.226. The van der Waals surface area contributed by atoms with E-state index in [2.05, 4.69) is 79.2 Å². The van der Waals surface area contributed by atoms with E-state index in [-0.39, 0.29) is 35.4 Å². The zero-order valence-electron chi connectivity index (χ0n) is 25.8. The predicted octanol–water partition coefficient (Wildman–Crippen LogP) is 6.27. The number of methoxy groups -OCH3 is 1. The Balaban J connectivity index is 1.56. The van der Waals surface area contributed by atoms with Gasteiger partial charge in [0, 0.05) is 50.2 Å². The first-order valence-corrected chi connectivity index (χ1v) is 15.6.